The largest absolute Gasteiger partial charge is 0.310 e. The zero-order valence-corrected chi connectivity index (χ0v) is 12.3. The Morgan fingerprint density at radius 3 is 2.60 bits per heavy atom. The van der Waals surface area contributed by atoms with Crippen LogP contribution in [0.3, 0.4) is 0 Å². The quantitative estimate of drug-likeness (QED) is 0.757. The number of aryl methyl sites for hydroxylation is 1. The molecule has 1 nitrogen and oxygen atoms in total. The van der Waals surface area contributed by atoms with Gasteiger partial charge in [-0.3, -0.25) is 0 Å². The number of benzene rings is 2. The van der Waals surface area contributed by atoms with E-state index in [9.17, 15) is 4.39 Å². The predicted molar refractivity (Wildman–Crippen MR) is 82.6 cm³/mol. The lowest BCUT2D eigenvalue weighted by Crippen LogP contribution is -2.20. The van der Waals surface area contributed by atoms with E-state index in [0.29, 0.717) is 5.02 Å². The van der Waals surface area contributed by atoms with E-state index >= 15 is 0 Å². The molecule has 0 aliphatic heterocycles. The van der Waals surface area contributed by atoms with E-state index in [4.69, 9.17) is 11.6 Å². The summed E-state index contributed by atoms with van der Waals surface area (Å²) in [7, 11) is 0. The molecule has 0 fully saturated rings. The van der Waals surface area contributed by atoms with Gasteiger partial charge in [0.2, 0.25) is 0 Å². The van der Waals surface area contributed by atoms with E-state index in [1.54, 1.807) is 6.07 Å². The molecular formula is C17H19ClFN. The van der Waals surface area contributed by atoms with Crippen LogP contribution in [0.25, 0.3) is 0 Å². The monoisotopic (exact) mass is 291 g/mol. The first kappa shape index (κ1) is 15.0. The van der Waals surface area contributed by atoms with Crippen molar-refractivity contribution >= 4 is 11.6 Å². The van der Waals surface area contributed by atoms with Crippen molar-refractivity contribution in [3.63, 3.8) is 0 Å². The fraction of sp³-hybridized carbons (Fsp3) is 0.294. The topological polar surface area (TPSA) is 12.0 Å². The van der Waals surface area contributed by atoms with Crippen LogP contribution in [0.15, 0.2) is 48.5 Å². The van der Waals surface area contributed by atoms with Gasteiger partial charge in [-0.1, -0.05) is 48.0 Å². The summed E-state index contributed by atoms with van der Waals surface area (Å²) in [5.74, 6) is -0.296. The Kier molecular flexibility index (Phi) is 5.57. The minimum Gasteiger partial charge on any atom is -0.310 e. The van der Waals surface area contributed by atoms with Crippen molar-refractivity contribution in [2.24, 2.45) is 0 Å². The first-order valence-electron chi connectivity index (χ1n) is 6.89. The third-order valence-corrected chi connectivity index (χ3v) is 3.69. The lowest BCUT2D eigenvalue weighted by molar-refractivity contribution is 0.556. The molecule has 0 saturated heterocycles. The lowest BCUT2D eigenvalue weighted by Gasteiger charge is -2.15. The molecule has 0 aliphatic rings. The van der Waals surface area contributed by atoms with Gasteiger partial charge >= 0.3 is 0 Å². The standard InChI is InChI=1S/C17H19ClFN/c1-13(16-10-9-15(19)12-17(16)18)20-11-5-8-14-6-3-2-4-7-14/h2-4,6-7,9-10,12-13,20H,5,8,11H2,1H3. The molecule has 106 valence electrons. The Morgan fingerprint density at radius 1 is 1.15 bits per heavy atom. The highest BCUT2D eigenvalue weighted by Crippen LogP contribution is 2.23. The van der Waals surface area contributed by atoms with Gasteiger partial charge in [0.1, 0.15) is 5.82 Å². The zero-order valence-electron chi connectivity index (χ0n) is 11.6. The summed E-state index contributed by atoms with van der Waals surface area (Å²) in [6, 6.07) is 15.1. The lowest BCUT2D eigenvalue weighted by atomic mass is 10.1. The van der Waals surface area contributed by atoms with Gasteiger partial charge in [-0.2, -0.15) is 0 Å². The third kappa shape index (κ3) is 4.32. The molecule has 1 N–H and O–H groups in total. The van der Waals surface area contributed by atoms with Crippen molar-refractivity contribution in [3.05, 3.63) is 70.5 Å². The molecule has 1 atom stereocenters. The Balaban J connectivity index is 1.79. The number of hydrogen-bond acceptors (Lipinski definition) is 1. The van der Waals surface area contributed by atoms with Crippen LogP contribution >= 0.6 is 11.6 Å². The predicted octanol–water partition coefficient (Wildman–Crippen LogP) is 4.76. The third-order valence-electron chi connectivity index (χ3n) is 3.36. The Labute approximate surface area is 124 Å². The Hall–Kier alpha value is -1.38. The summed E-state index contributed by atoms with van der Waals surface area (Å²) < 4.78 is 13.0. The van der Waals surface area contributed by atoms with Crippen molar-refractivity contribution in [1.82, 2.24) is 5.32 Å². The van der Waals surface area contributed by atoms with Crippen LogP contribution in [0.2, 0.25) is 5.02 Å². The molecule has 0 radical (unpaired) electrons. The van der Waals surface area contributed by atoms with E-state index in [0.717, 1.165) is 24.9 Å². The van der Waals surface area contributed by atoms with Crippen LogP contribution < -0.4 is 5.32 Å². The van der Waals surface area contributed by atoms with E-state index in [2.05, 4.69) is 29.6 Å². The molecule has 3 heteroatoms. The summed E-state index contributed by atoms with van der Waals surface area (Å²) in [5.41, 5.74) is 2.29. The summed E-state index contributed by atoms with van der Waals surface area (Å²) in [5, 5.41) is 3.90. The van der Waals surface area contributed by atoms with Gasteiger partial charge in [0.05, 0.1) is 0 Å². The summed E-state index contributed by atoms with van der Waals surface area (Å²) >= 11 is 6.05. The summed E-state index contributed by atoms with van der Waals surface area (Å²) in [6.45, 7) is 2.95. The minimum absolute atomic E-state index is 0.124. The average Bonchev–Trinajstić information content (AvgIpc) is 2.44. The van der Waals surface area contributed by atoms with Crippen LogP contribution in [0.5, 0.6) is 0 Å². The molecule has 0 aromatic heterocycles. The van der Waals surface area contributed by atoms with Gasteiger partial charge < -0.3 is 5.32 Å². The summed E-state index contributed by atoms with van der Waals surface area (Å²) in [6.07, 6.45) is 2.12. The molecule has 0 aliphatic carbocycles. The van der Waals surface area contributed by atoms with E-state index in [-0.39, 0.29) is 11.9 Å². The Morgan fingerprint density at radius 2 is 1.90 bits per heavy atom. The van der Waals surface area contributed by atoms with E-state index < -0.39 is 0 Å². The first-order valence-corrected chi connectivity index (χ1v) is 7.27. The van der Waals surface area contributed by atoms with Crippen LogP contribution in [0.4, 0.5) is 4.39 Å². The van der Waals surface area contributed by atoms with Gasteiger partial charge in [0.25, 0.3) is 0 Å². The SMILES string of the molecule is CC(NCCCc1ccccc1)c1ccc(F)cc1Cl. The normalized spacial score (nSPS) is 12.3. The van der Waals surface area contributed by atoms with Crippen LogP contribution in [0.1, 0.15) is 30.5 Å². The molecule has 2 rings (SSSR count). The molecule has 0 saturated carbocycles. The van der Waals surface area contributed by atoms with Gasteiger partial charge in [-0.15, -0.1) is 0 Å². The van der Waals surface area contributed by atoms with Crippen molar-refractivity contribution in [2.75, 3.05) is 6.54 Å². The number of rotatable bonds is 6. The number of hydrogen-bond donors (Lipinski definition) is 1. The van der Waals surface area contributed by atoms with Crippen LogP contribution in [0, 0.1) is 5.82 Å². The molecule has 0 spiro atoms. The highest BCUT2D eigenvalue weighted by Gasteiger charge is 2.09. The minimum atomic E-state index is -0.296. The number of nitrogens with one attached hydrogen (secondary N) is 1. The molecule has 20 heavy (non-hydrogen) atoms. The molecule has 0 amide bonds. The van der Waals surface area contributed by atoms with Crippen LogP contribution in [-0.2, 0) is 6.42 Å². The Bertz CT molecular complexity index is 542. The second-order valence-electron chi connectivity index (χ2n) is 4.93. The average molecular weight is 292 g/mol. The maximum Gasteiger partial charge on any atom is 0.124 e. The highest BCUT2D eigenvalue weighted by molar-refractivity contribution is 6.31. The highest BCUT2D eigenvalue weighted by atomic mass is 35.5. The number of halogens is 2. The first-order chi connectivity index (χ1) is 9.66. The van der Waals surface area contributed by atoms with Gasteiger partial charge in [0.15, 0.2) is 0 Å². The van der Waals surface area contributed by atoms with E-state index in [1.165, 1.54) is 17.7 Å². The van der Waals surface area contributed by atoms with Crippen molar-refractivity contribution in [2.45, 2.75) is 25.8 Å². The zero-order chi connectivity index (χ0) is 14.4. The maximum absolute atomic E-state index is 13.0. The van der Waals surface area contributed by atoms with Crippen LogP contribution in [-0.4, -0.2) is 6.54 Å². The second-order valence-corrected chi connectivity index (χ2v) is 5.34. The van der Waals surface area contributed by atoms with Gasteiger partial charge in [0, 0.05) is 11.1 Å². The molecule has 1 unspecified atom stereocenters. The maximum atomic E-state index is 13.0. The fourth-order valence-electron chi connectivity index (χ4n) is 2.22. The molecule has 2 aromatic rings. The smallest absolute Gasteiger partial charge is 0.124 e. The van der Waals surface area contributed by atoms with Gasteiger partial charge in [-0.25, -0.2) is 4.39 Å². The molecular weight excluding hydrogens is 273 g/mol. The van der Waals surface area contributed by atoms with E-state index in [1.807, 2.05) is 13.0 Å². The van der Waals surface area contributed by atoms with Crippen molar-refractivity contribution < 1.29 is 4.39 Å². The molecule has 0 bridgehead atoms. The molecule has 0 heterocycles. The fourth-order valence-corrected chi connectivity index (χ4v) is 2.55. The van der Waals surface area contributed by atoms with Crippen molar-refractivity contribution in [1.29, 1.82) is 0 Å². The second kappa shape index (κ2) is 7.41. The molecule has 2 aromatic carbocycles. The van der Waals surface area contributed by atoms with Crippen molar-refractivity contribution in [3.8, 4) is 0 Å². The van der Waals surface area contributed by atoms with Gasteiger partial charge in [-0.05, 0) is 49.6 Å². The summed E-state index contributed by atoms with van der Waals surface area (Å²) in [4.78, 5) is 0.